The van der Waals surface area contributed by atoms with Crippen molar-refractivity contribution in [2.24, 2.45) is 0 Å². The highest BCUT2D eigenvalue weighted by Gasteiger charge is 2.26. The first-order chi connectivity index (χ1) is 10.6. The van der Waals surface area contributed by atoms with Gasteiger partial charge < -0.3 is 10.2 Å². The average Bonchev–Trinajstić information content (AvgIpc) is 2.97. The molecule has 0 atom stereocenters. The molecule has 1 aliphatic rings. The molecule has 1 amide bonds. The number of para-hydroxylation sites is 1. The number of rotatable bonds is 3. The summed E-state index contributed by atoms with van der Waals surface area (Å²) in [5.74, 6) is -0.0112. The van der Waals surface area contributed by atoms with E-state index in [4.69, 9.17) is 0 Å². The average molecular weight is 301 g/mol. The number of hydrogen-bond acceptors (Lipinski definition) is 5. The zero-order valence-corrected chi connectivity index (χ0v) is 12.0. The minimum atomic E-state index is -0.790. The molecule has 0 spiro atoms. The van der Waals surface area contributed by atoms with Crippen molar-refractivity contribution >= 4 is 17.5 Å². The monoisotopic (exact) mass is 301 g/mol. The number of aromatic nitrogens is 3. The molecule has 1 N–H and O–H groups in total. The lowest BCUT2D eigenvalue weighted by Gasteiger charge is -2.17. The van der Waals surface area contributed by atoms with Gasteiger partial charge in [-0.25, -0.2) is 4.68 Å². The van der Waals surface area contributed by atoms with E-state index in [2.05, 4.69) is 10.4 Å². The second-order valence-electron chi connectivity index (χ2n) is 4.88. The van der Waals surface area contributed by atoms with Gasteiger partial charge in [-0.2, -0.15) is 0 Å². The lowest BCUT2D eigenvalue weighted by molar-refractivity contribution is -0.121. The van der Waals surface area contributed by atoms with Crippen LogP contribution in [0.4, 0.5) is 11.6 Å². The summed E-state index contributed by atoms with van der Waals surface area (Å²) in [6.07, 6.45) is 0. The molecule has 0 saturated heterocycles. The van der Waals surface area contributed by atoms with E-state index in [1.165, 1.54) is 11.6 Å². The molecule has 0 bridgehead atoms. The third-order valence-corrected chi connectivity index (χ3v) is 3.54. The van der Waals surface area contributed by atoms with Crippen LogP contribution in [-0.4, -0.2) is 33.8 Å². The molecule has 2 aromatic rings. The predicted molar refractivity (Wildman–Crippen MR) is 80.3 cm³/mol. The van der Waals surface area contributed by atoms with Crippen molar-refractivity contribution in [3.63, 3.8) is 0 Å². The minimum Gasteiger partial charge on any atom is -0.358 e. The molecule has 1 aromatic heterocycles. The van der Waals surface area contributed by atoms with Crippen molar-refractivity contribution in [2.45, 2.75) is 13.1 Å². The van der Waals surface area contributed by atoms with E-state index >= 15 is 0 Å². The molecular formula is C14H15N5O3. The number of carbonyl (C=O) groups is 1. The summed E-state index contributed by atoms with van der Waals surface area (Å²) in [7, 11) is 1.46. The number of likely N-dealkylation sites (N-methyl/N-ethyl adjacent to an activating group) is 1. The lowest BCUT2D eigenvalue weighted by Crippen LogP contribution is -2.44. The third kappa shape index (κ3) is 2.28. The van der Waals surface area contributed by atoms with E-state index in [9.17, 15) is 14.4 Å². The largest absolute Gasteiger partial charge is 0.358 e. The Hall–Kier alpha value is -2.90. The van der Waals surface area contributed by atoms with Crippen molar-refractivity contribution in [1.82, 2.24) is 19.7 Å². The van der Waals surface area contributed by atoms with Gasteiger partial charge in [0, 0.05) is 25.8 Å². The number of nitrogens with one attached hydrogen (secondary N) is 1. The van der Waals surface area contributed by atoms with Crippen molar-refractivity contribution in [2.75, 3.05) is 18.5 Å². The van der Waals surface area contributed by atoms with Crippen molar-refractivity contribution in [1.29, 1.82) is 0 Å². The van der Waals surface area contributed by atoms with E-state index in [-0.39, 0.29) is 12.5 Å². The normalized spacial score (nSPS) is 13.0. The van der Waals surface area contributed by atoms with Crippen LogP contribution in [0.2, 0.25) is 0 Å². The fourth-order valence-electron chi connectivity index (χ4n) is 2.40. The Kier molecular flexibility index (Phi) is 3.50. The smallest absolute Gasteiger partial charge is 0.333 e. The van der Waals surface area contributed by atoms with Gasteiger partial charge in [0.25, 0.3) is 0 Å². The van der Waals surface area contributed by atoms with Crippen LogP contribution in [0.3, 0.4) is 0 Å². The zero-order valence-electron chi connectivity index (χ0n) is 12.0. The van der Waals surface area contributed by atoms with Crippen LogP contribution in [0, 0.1) is 0 Å². The van der Waals surface area contributed by atoms with Gasteiger partial charge in [0.2, 0.25) is 11.9 Å². The topological polar surface area (TPSA) is 89.2 Å². The van der Waals surface area contributed by atoms with Crippen LogP contribution in [0.15, 0.2) is 39.9 Å². The highest BCUT2D eigenvalue weighted by atomic mass is 16.2. The second kappa shape index (κ2) is 5.47. The Bertz CT molecular complexity index is 825. The van der Waals surface area contributed by atoms with Crippen LogP contribution in [0.5, 0.6) is 0 Å². The molecule has 0 fully saturated rings. The maximum atomic E-state index is 12.2. The van der Waals surface area contributed by atoms with Gasteiger partial charge in [-0.15, -0.1) is 5.10 Å². The van der Waals surface area contributed by atoms with Crippen LogP contribution >= 0.6 is 0 Å². The quantitative estimate of drug-likeness (QED) is 0.758. The zero-order chi connectivity index (χ0) is 15.7. The fourth-order valence-corrected chi connectivity index (χ4v) is 2.40. The van der Waals surface area contributed by atoms with E-state index in [1.54, 1.807) is 0 Å². The summed E-state index contributed by atoms with van der Waals surface area (Å²) >= 11 is 0. The first-order valence-corrected chi connectivity index (χ1v) is 6.87. The number of nitrogens with zero attached hydrogens (tertiary/aromatic N) is 4. The summed E-state index contributed by atoms with van der Waals surface area (Å²) in [6.45, 7) is 0.669. The Morgan fingerprint density at radius 1 is 1.18 bits per heavy atom. The summed E-state index contributed by atoms with van der Waals surface area (Å²) in [5, 5.41) is 6.60. The molecule has 8 nitrogen and oxygen atoms in total. The third-order valence-electron chi connectivity index (χ3n) is 3.54. The molecule has 3 rings (SSSR count). The molecule has 2 heterocycles. The Balaban J connectivity index is 2.09. The number of carbonyl (C=O) groups excluding carboxylic acids is 1. The summed E-state index contributed by atoms with van der Waals surface area (Å²) in [5.41, 5.74) is -0.569. The van der Waals surface area contributed by atoms with Crippen LogP contribution in [-0.2, 0) is 17.9 Å². The highest BCUT2D eigenvalue weighted by Crippen LogP contribution is 2.25. The summed E-state index contributed by atoms with van der Waals surface area (Å²) in [6, 6.07) is 9.46. The van der Waals surface area contributed by atoms with E-state index < -0.39 is 11.1 Å². The van der Waals surface area contributed by atoms with Gasteiger partial charge in [-0.05, 0) is 12.1 Å². The molecule has 114 valence electrons. The van der Waals surface area contributed by atoms with Gasteiger partial charge in [0.1, 0.15) is 6.54 Å². The van der Waals surface area contributed by atoms with Crippen molar-refractivity contribution in [3.8, 4) is 0 Å². The summed E-state index contributed by atoms with van der Waals surface area (Å²) in [4.78, 5) is 37.5. The molecule has 1 aliphatic heterocycles. The maximum absolute atomic E-state index is 12.2. The summed E-state index contributed by atoms with van der Waals surface area (Å²) < 4.78 is 2.25. The first-order valence-electron chi connectivity index (χ1n) is 6.87. The first kappa shape index (κ1) is 14.1. The Labute approximate surface area is 125 Å². The van der Waals surface area contributed by atoms with Gasteiger partial charge >= 0.3 is 11.1 Å². The SMILES string of the molecule is CNC(=O)Cn1nc2n(c(=O)c1=O)CCN2c1ccccc1. The number of amides is 1. The highest BCUT2D eigenvalue weighted by molar-refractivity contribution is 5.75. The number of fused-ring (bicyclic) bond motifs is 1. The second-order valence-corrected chi connectivity index (χ2v) is 4.88. The van der Waals surface area contributed by atoms with Gasteiger partial charge in [-0.1, -0.05) is 18.2 Å². The fraction of sp³-hybridized carbons (Fsp3) is 0.286. The molecule has 22 heavy (non-hydrogen) atoms. The molecule has 0 saturated carbocycles. The van der Waals surface area contributed by atoms with Crippen molar-refractivity contribution < 1.29 is 4.79 Å². The van der Waals surface area contributed by atoms with Gasteiger partial charge in [0.15, 0.2) is 0 Å². The molecule has 0 radical (unpaired) electrons. The maximum Gasteiger partial charge on any atom is 0.333 e. The molecular weight excluding hydrogens is 286 g/mol. The van der Waals surface area contributed by atoms with Crippen LogP contribution in [0.1, 0.15) is 0 Å². The Morgan fingerprint density at radius 3 is 2.59 bits per heavy atom. The van der Waals surface area contributed by atoms with E-state index in [0.717, 1.165) is 10.4 Å². The predicted octanol–water partition coefficient (Wildman–Crippen LogP) is -0.697. The van der Waals surface area contributed by atoms with Crippen molar-refractivity contribution in [3.05, 3.63) is 51.0 Å². The molecule has 0 unspecified atom stereocenters. The molecule has 1 aromatic carbocycles. The van der Waals surface area contributed by atoms with E-state index in [1.807, 2.05) is 35.2 Å². The minimum absolute atomic E-state index is 0.277. The number of hydrogen-bond donors (Lipinski definition) is 1. The number of benzene rings is 1. The Morgan fingerprint density at radius 2 is 1.91 bits per heavy atom. The van der Waals surface area contributed by atoms with Crippen LogP contribution < -0.4 is 21.3 Å². The van der Waals surface area contributed by atoms with Gasteiger partial charge in [-0.3, -0.25) is 19.0 Å². The molecule has 0 aliphatic carbocycles. The lowest BCUT2D eigenvalue weighted by atomic mass is 10.3. The van der Waals surface area contributed by atoms with Crippen LogP contribution in [0.25, 0.3) is 0 Å². The van der Waals surface area contributed by atoms with Gasteiger partial charge in [0.05, 0.1) is 0 Å². The number of anilines is 2. The standard InChI is InChI=1S/C14H15N5O3/c1-15-11(20)9-19-13(22)12(21)18-8-7-17(14(18)16-19)10-5-3-2-4-6-10/h2-6H,7-9H2,1H3,(H,15,20). The van der Waals surface area contributed by atoms with E-state index in [0.29, 0.717) is 19.0 Å². The molecule has 8 heteroatoms.